The first kappa shape index (κ1) is 11.0. The Bertz CT molecular complexity index is 521. The van der Waals surface area contributed by atoms with Crippen LogP contribution >= 0.6 is 0 Å². The molecule has 2 aromatic rings. The summed E-state index contributed by atoms with van der Waals surface area (Å²) in [4.78, 5) is 4.36. The van der Waals surface area contributed by atoms with Crippen LogP contribution in [0, 0.1) is 13.8 Å². The standard InChI is InChI=1S/C13H11B2N/c1-8-9(2)13(15)16-12(11(8)14)10-6-4-3-5-7-10/h3-7H,1-2H3. The van der Waals surface area contributed by atoms with Crippen LogP contribution in [0.1, 0.15) is 11.1 Å². The Labute approximate surface area is 98.7 Å². The van der Waals surface area contributed by atoms with Gasteiger partial charge in [0, 0.05) is 0 Å². The van der Waals surface area contributed by atoms with Crippen molar-refractivity contribution in [2.75, 3.05) is 0 Å². The summed E-state index contributed by atoms with van der Waals surface area (Å²) in [6.45, 7) is 3.90. The van der Waals surface area contributed by atoms with Gasteiger partial charge in [-0.2, -0.15) is 0 Å². The average molecular weight is 203 g/mol. The Kier molecular flexibility index (Phi) is 2.86. The number of hydrogen-bond acceptors (Lipinski definition) is 1. The molecule has 3 heteroatoms. The van der Waals surface area contributed by atoms with E-state index in [-0.39, 0.29) is 0 Å². The fraction of sp³-hybridized carbons (Fsp3) is 0.154. The first-order chi connectivity index (χ1) is 7.61. The van der Waals surface area contributed by atoms with Gasteiger partial charge < -0.3 is 0 Å². The van der Waals surface area contributed by atoms with Crippen molar-refractivity contribution in [2.45, 2.75) is 13.8 Å². The molecule has 4 radical (unpaired) electrons. The van der Waals surface area contributed by atoms with Crippen molar-refractivity contribution in [3.05, 3.63) is 41.5 Å². The zero-order valence-electron chi connectivity index (χ0n) is 9.49. The normalized spacial score (nSPS) is 10.4. The van der Waals surface area contributed by atoms with Gasteiger partial charge in [0.25, 0.3) is 0 Å². The molecule has 0 N–H and O–H groups in total. The number of benzene rings is 1. The second kappa shape index (κ2) is 4.17. The molecule has 1 heterocycles. The molecule has 0 fully saturated rings. The lowest BCUT2D eigenvalue weighted by molar-refractivity contribution is 1.29. The monoisotopic (exact) mass is 203 g/mol. The van der Waals surface area contributed by atoms with Crippen LogP contribution in [0.15, 0.2) is 30.3 Å². The van der Waals surface area contributed by atoms with Crippen molar-refractivity contribution in [3.63, 3.8) is 0 Å². The van der Waals surface area contributed by atoms with E-state index in [1.165, 1.54) is 0 Å². The van der Waals surface area contributed by atoms with Gasteiger partial charge in [0.05, 0.1) is 5.69 Å². The fourth-order valence-electron chi connectivity index (χ4n) is 1.65. The molecular weight excluding hydrogens is 192 g/mol. The quantitative estimate of drug-likeness (QED) is 0.628. The van der Waals surface area contributed by atoms with Crippen molar-refractivity contribution < 1.29 is 0 Å². The maximum atomic E-state index is 6.07. The highest BCUT2D eigenvalue weighted by Gasteiger charge is 2.08. The minimum Gasteiger partial charge on any atom is -0.265 e. The number of pyridine rings is 1. The van der Waals surface area contributed by atoms with Crippen molar-refractivity contribution in [3.8, 4) is 11.3 Å². The predicted molar refractivity (Wildman–Crippen MR) is 69.9 cm³/mol. The lowest BCUT2D eigenvalue weighted by Gasteiger charge is -2.14. The molecule has 0 bridgehead atoms. The summed E-state index contributed by atoms with van der Waals surface area (Å²) < 4.78 is 0. The molecule has 1 aromatic carbocycles. The molecule has 0 spiro atoms. The van der Waals surface area contributed by atoms with Gasteiger partial charge in [-0.05, 0) is 30.6 Å². The lowest BCUT2D eigenvalue weighted by atomic mass is 9.82. The van der Waals surface area contributed by atoms with E-state index in [1.54, 1.807) is 0 Å². The van der Waals surface area contributed by atoms with Crippen molar-refractivity contribution in [1.29, 1.82) is 0 Å². The minimum atomic E-state index is 0.547. The molecule has 0 saturated carbocycles. The van der Waals surface area contributed by atoms with Gasteiger partial charge >= 0.3 is 0 Å². The molecule has 1 nitrogen and oxygen atoms in total. The molecule has 0 aliphatic rings. The summed E-state index contributed by atoms with van der Waals surface area (Å²) in [5.41, 5.74) is 4.97. The van der Waals surface area contributed by atoms with Crippen LogP contribution in [0.2, 0.25) is 0 Å². The zero-order valence-corrected chi connectivity index (χ0v) is 9.49. The number of aromatic nitrogens is 1. The molecule has 74 valence electrons. The Hall–Kier alpha value is -1.50. The van der Waals surface area contributed by atoms with Crippen molar-refractivity contribution in [1.82, 2.24) is 4.98 Å². The molecule has 16 heavy (non-hydrogen) atoms. The van der Waals surface area contributed by atoms with E-state index in [4.69, 9.17) is 15.7 Å². The van der Waals surface area contributed by atoms with Crippen LogP contribution in [0.25, 0.3) is 11.3 Å². The first-order valence-corrected chi connectivity index (χ1v) is 5.19. The third-order valence-electron chi connectivity index (χ3n) is 2.89. The van der Waals surface area contributed by atoms with E-state index in [9.17, 15) is 0 Å². The second-order valence-corrected chi connectivity index (χ2v) is 3.88. The SMILES string of the molecule is [B]c1nc(-c2ccccc2)c([B])c(C)c1C. The van der Waals surface area contributed by atoms with Crippen LogP contribution < -0.4 is 11.1 Å². The molecule has 0 aliphatic heterocycles. The Morgan fingerprint density at radius 3 is 2.19 bits per heavy atom. The Balaban J connectivity index is 2.68. The number of hydrogen-bond donors (Lipinski definition) is 0. The molecule has 0 saturated heterocycles. The van der Waals surface area contributed by atoms with Gasteiger partial charge in [-0.25, -0.2) is 0 Å². The van der Waals surface area contributed by atoms with Gasteiger partial charge in [0.2, 0.25) is 0 Å². The van der Waals surface area contributed by atoms with E-state index in [1.807, 2.05) is 44.2 Å². The van der Waals surface area contributed by atoms with Gasteiger partial charge in [-0.3, -0.25) is 4.98 Å². The summed E-state index contributed by atoms with van der Waals surface area (Å²) >= 11 is 0. The van der Waals surface area contributed by atoms with E-state index < -0.39 is 0 Å². The highest BCUT2D eigenvalue weighted by Crippen LogP contribution is 2.14. The molecule has 0 aliphatic carbocycles. The molecule has 0 unspecified atom stereocenters. The topological polar surface area (TPSA) is 12.9 Å². The predicted octanol–water partition coefficient (Wildman–Crippen LogP) is 0.953. The van der Waals surface area contributed by atoms with Crippen LogP contribution in [0.4, 0.5) is 0 Å². The lowest BCUT2D eigenvalue weighted by Crippen LogP contribution is -2.25. The number of nitrogens with zero attached hydrogens (tertiary/aromatic N) is 1. The highest BCUT2D eigenvalue weighted by molar-refractivity contribution is 6.38. The summed E-state index contributed by atoms with van der Waals surface area (Å²) in [6.07, 6.45) is 0. The molecular formula is C13H11B2N. The summed E-state index contributed by atoms with van der Waals surface area (Å²) in [7, 11) is 11.9. The molecule has 0 amide bonds. The van der Waals surface area contributed by atoms with E-state index in [0.717, 1.165) is 22.4 Å². The third-order valence-corrected chi connectivity index (χ3v) is 2.89. The first-order valence-electron chi connectivity index (χ1n) is 5.19. The van der Waals surface area contributed by atoms with Crippen LogP contribution in [-0.2, 0) is 0 Å². The summed E-state index contributed by atoms with van der Waals surface area (Å²) in [5.74, 6) is 0. The maximum absolute atomic E-state index is 6.07. The van der Waals surface area contributed by atoms with Crippen LogP contribution in [0.3, 0.4) is 0 Å². The van der Waals surface area contributed by atoms with Crippen molar-refractivity contribution >= 4 is 26.7 Å². The largest absolute Gasteiger partial charge is 0.265 e. The maximum Gasteiger partial charge on any atom is 0.142 e. The molecule has 0 atom stereocenters. The minimum absolute atomic E-state index is 0.547. The van der Waals surface area contributed by atoms with Crippen LogP contribution in [-0.4, -0.2) is 20.7 Å². The van der Waals surface area contributed by atoms with E-state index in [0.29, 0.717) is 11.1 Å². The van der Waals surface area contributed by atoms with Gasteiger partial charge in [-0.15, -0.1) is 0 Å². The molecule has 2 rings (SSSR count). The number of rotatable bonds is 1. The third kappa shape index (κ3) is 1.78. The average Bonchev–Trinajstić information content (AvgIpc) is 2.32. The zero-order chi connectivity index (χ0) is 11.7. The van der Waals surface area contributed by atoms with Crippen LogP contribution in [0.5, 0.6) is 0 Å². The van der Waals surface area contributed by atoms with E-state index in [2.05, 4.69) is 4.98 Å². The van der Waals surface area contributed by atoms with Gasteiger partial charge in [-0.1, -0.05) is 41.4 Å². The smallest absolute Gasteiger partial charge is 0.142 e. The highest BCUT2D eigenvalue weighted by atomic mass is 14.7. The van der Waals surface area contributed by atoms with Crippen molar-refractivity contribution in [2.24, 2.45) is 0 Å². The second-order valence-electron chi connectivity index (χ2n) is 3.88. The molecule has 1 aromatic heterocycles. The fourth-order valence-corrected chi connectivity index (χ4v) is 1.65. The van der Waals surface area contributed by atoms with Gasteiger partial charge in [0.15, 0.2) is 0 Å². The Morgan fingerprint density at radius 2 is 1.56 bits per heavy atom. The van der Waals surface area contributed by atoms with E-state index >= 15 is 0 Å². The Morgan fingerprint density at radius 1 is 0.938 bits per heavy atom. The van der Waals surface area contributed by atoms with Gasteiger partial charge in [0.1, 0.15) is 15.7 Å². The summed E-state index contributed by atoms with van der Waals surface area (Å²) in [6, 6.07) is 9.84. The summed E-state index contributed by atoms with van der Waals surface area (Å²) in [5, 5.41) is 0.